The van der Waals surface area contributed by atoms with Crippen molar-refractivity contribution >= 4 is 0 Å². The summed E-state index contributed by atoms with van der Waals surface area (Å²) < 4.78 is 5.46. The molecule has 0 bridgehead atoms. The molecule has 0 N–H and O–H groups in total. The van der Waals surface area contributed by atoms with E-state index in [1.165, 1.54) is 11.1 Å². The topological polar surface area (TPSA) is 9.23 Å². The minimum Gasteiger partial charge on any atom is -0.377 e. The second kappa shape index (κ2) is 5.36. The van der Waals surface area contributed by atoms with Gasteiger partial charge in [-0.1, -0.05) is 19.4 Å². The van der Waals surface area contributed by atoms with Crippen LogP contribution in [0.3, 0.4) is 0 Å². The van der Waals surface area contributed by atoms with Gasteiger partial charge in [0.05, 0.1) is 6.61 Å². The van der Waals surface area contributed by atoms with Crippen molar-refractivity contribution < 1.29 is 4.74 Å². The van der Waals surface area contributed by atoms with Crippen molar-refractivity contribution in [2.45, 2.75) is 34.6 Å². The average molecular weight is 156 g/mol. The molecule has 0 aliphatic heterocycles. The van der Waals surface area contributed by atoms with Gasteiger partial charge in [-0.2, -0.15) is 0 Å². The highest BCUT2D eigenvalue weighted by atomic mass is 16.5. The zero-order valence-electron chi connectivity index (χ0n) is 8.40. The molecule has 0 fully saturated rings. The molecular weight excluding hydrogens is 136 g/mol. The van der Waals surface area contributed by atoms with Gasteiger partial charge in [-0.15, -0.1) is 0 Å². The molecule has 0 aliphatic rings. The van der Waals surface area contributed by atoms with E-state index in [0.29, 0.717) is 5.92 Å². The molecule has 1 nitrogen and oxygen atoms in total. The molecule has 0 radical (unpaired) electrons. The largest absolute Gasteiger partial charge is 0.377 e. The first kappa shape index (κ1) is 10.7. The number of hydrogen-bond acceptors (Lipinski definition) is 1. The van der Waals surface area contributed by atoms with E-state index in [9.17, 15) is 0 Å². The van der Waals surface area contributed by atoms with E-state index < -0.39 is 0 Å². The van der Waals surface area contributed by atoms with Crippen LogP contribution in [-0.4, -0.2) is 13.2 Å². The Balaban J connectivity index is 3.48. The molecule has 0 aromatic rings. The van der Waals surface area contributed by atoms with E-state index in [1.807, 2.05) is 0 Å². The van der Waals surface area contributed by atoms with E-state index in [4.69, 9.17) is 4.74 Å². The summed E-state index contributed by atoms with van der Waals surface area (Å²) in [5.74, 6) is 0.639. The van der Waals surface area contributed by atoms with Gasteiger partial charge in [0.2, 0.25) is 0 Å². The fourth-order valence-electron chi connectivity index (χ4n) is 0.592. The van der Waals surface area contributed by atoms with Gasteiger partial charge >= 0.3 is 0 Å². The van der Waals surface area contributed by atoms with Gasteiger partial charge in [0.15, 0.2) is 0 Å². The van der Waals surface area contributed by atoms with Crippen molar-refractivity contribution in [3.05, 3.63) is 11.1 Å². The second-order valence-electron chi connectivity index (χ2n) is 3.69. The maximum Gasteiger partial charge on any atom is 0.0676 e. The smallest absolute Gasteiger partial charge is 0.0676 e. The lowest BCUT2D eigenvalue weighted by Crippen LogP contribution is -2.04. The first-order chi connectivity index (χ1) is 5.04. The molecule has 0 aliphatic carbocycles. The lowest BCUT2D eigenvalue weighted by Gasteiger charge is -2.07. The van der Waals surface area contributed by atoms with Crippen LogP contribution in [0.4, 0.5) is 0 Å². The number of allylic oxidation sites excluding steroid dienone is 1. The van der Waals surface area contributed by atoms with Crippen molar-refractivity contribution in [1.29, 1.82) is 0 Å². The molecule has 0 unspecified atom stereocenters. The predicted octanol–water partition coefficient (Wildman–Crippen LogP) is 3.02. The van der Waals surface area contributed by atoms with Gasteiger partial charge in [-0.3, -0.25) is 0 Å². The summed E-state index contributed by atoms with van der Waals surface area (Å²) in [6.07, 6.45) is 0. The monoisotopic (exact) mass is 156 g/mol. The highest BCUT2D eigenvalue weighted by Crippen LogP contribution is 2.03. The van der Waals surface area contributed by atoms with Crippen LogP contribution in [0.2, 0.25) is 0 Å². The van der Waals surface area contributed by atoms with Crippen molar-refractivity contribution in [3.8, 4) is 0 Å². The van der Waals surface area contributed by atoms with Gasteiger partial charge in [0.1, 0.15) is 0 Å². The molecule has 0 saturated heterocycles. The molecule has 11 heavy (non-hydrogen) atoms. The van der Waals surface area contributed by atoms with Gasteiger partial charge in [0, 0.05) is 6.61 Å². The quantitative estimate of drug-likeness (QED) is 0.568. The number of hydrogen-bond donors (Lipinski definition) is 0. The second-order valence-corrected chi connectivity index (χ2v) is 3.69. The molecule has 0 aromatic carbocycles. The Labute approximate surface area is 70.4 Å². The third kappa shape index (κ3) is 6.11. The average Bonchev–Trinajstić information content (AvgIpc) is 1.86. The van der Waals surface area contributed by atoms with Crippen LogP contribution in [-0.2, 0) is 4.74 Å². The first-order valence-corrected chi connectivity index (χ1v) is 4.24. The van der Waals surface area contributed by atoms with Crippen LogP contribution in [0.15, 0.2) is 11.1 Å². The molecule has 0 heterocycles. The summed E-state index contributed by atoms with van der Waals surface area (Å²) in [6.45, 7) is 12.3. The minimum atomic E-state index is 0.639. The standard InChI is InChI=1S/C10H20O/c1-8(2)6-11-7-10(5)9(3)4/h8H,6-7H2,1-5H3. The fourth-order valence-corrected chi connectivity index (χ4v) is 0.592. The Hall–Kier alpha value is -0.300. The zero-order chi connectivity index (χ0) is 8.85. The summed E-state index contributed by atoms with van der Waals surface area (Å²) in [4.78, 5) is 0. The number of rotatable bonds is 4. The molecule has 0 atom stereocenters. The highest BCUT2D eigenvalue weighted by Gasteiger charge is 1.95. The Morgan fingerprint density at radius 2 is 1.73 bits per heavy atom. The van der Waals surface area contributed by atoms with Crippen molar-refractivity contribution in [3.63, 3.8) is 0 Å². The minimum absolute atomic E-state index is 0.639. The summed E-state index contributed by atoms with van der Waals surface area (Å²) in [5.41, 5.74) is 2.72. The molecule has 1 heteroatoms. The van der Waals surface area contributed by atoms with Crippen LogP contribution in [0.5, 0.6) is 0 Å². The van der Waals surface area contributed by atoms with Gasteiger partial charge in [-0.05, 0) is 32.3 Å². The van der Waals surface area contributed by atoms with Crippen molar-refractivity contribution in [2.24, 2.45) is 5.92 Å². The molecule has 0 amide bonds. The number of ether oxygens (including phenoxy) is 1. The SMILES string of the molecule is CC(C)=C(C)COCC(C)C. The maximum absolute atomic E-state index is 5.46. The molecule has 0 saturated carbocycles. The van der Waals surface area contributed by atoms with Crippen LogP contribution in [0.25, 0.3) is 0 Å². The van der Waals surface area contributed by atoms with Gasteiger partial charge in [-0.25, -0.2) is 0 Å². The predicted molar refractivity (Wildman–Crippen MR) is 49.7 cm³/mol. The van der Waals surface area contributed by atoms with E-state index in [2.05, 4.69) is 34.6 Å². The van der Waals surface area contributed by atoms with Crippen molar-refractivity contribution in [2.75, 3.05) is 13.2 Å². The summed E-state index contributed by atoms with van der Waals surface area (Å²) in [5, 5.41) is 0. The maximum atomic E-state index is 5.46. The Bertz CT molecular complexity index is 130. The molecule has 0 aromatic heterocycles. The van der Waals surface area contributed by atoms with Crippen LogP contribution >= 0.6 is 0 Å². The Morgan fingerprint density at radius 3 is 2.09 bits per heavy atom. The summed E-state index contributed by atoms with van der Waals surface area (Å²) >= 11 is 0. The molecule has 66 valence electrons. The van der Waals surface area contributed by atoms with E-state index in [0.717, 1.165) is 13.2 Å². The fraction of sp³-hybridized carbons (Fsp3) is 0.800. The van der Waals surface area contributed by atoms with E-state index >= 15 is 0 Å². The third-order valence-corrected chi connectivity index (χ3v) is 1.62. The summed E-state index contributed by atoms with van der Waals surface area (Å²) in [6, 6.07) is 0. The van der Waals surface area contributed by atoms with E-state index in [1.54, 1.807) is 0 Å². The summed E-state index contributed by atoms with van der Waals surface area (Å²) in [7, 11) is 0. The normalized spacial score (nSPS) is 10.4. The van der Waals surface area contributed by atoms with Crippen molar-refractivity contribution in [1.82, 2.24) is 0 Å². The zero-order valence-corrected chi connectivity index (χ0v) is 8.40. The van der Waals surface area contributed by atoms with Gasteiger partial charge in [0.25, 0.3) is 0 Å². The molecule has 0 spiro atoms. The Morgan fingerprint density at radius 1 is 1.18 bits per heavy atom. The molecule has 0 rings (SSSR count). The van der Waals surface area contributed by atoms with Crippen LogP contribution in [0.1, 0.15) is 34.6 Å². The first-order valence-electron chi connectivity index (χ1n) is 4.24. The lowest BCUT2D eigenvalue weighted by atomic mass is 10.2. The van der Waals surface area contributed by atoms with Crippen LogP contribution in [0, 0.1) is 5.92 Å². The molecular formula is C10H20O. The van der Waals surface area contributed by atoms with E-state index in [-0.39, 0.29) is 0 Å². The lowest BCUT2D eigenvalue weighted by molar-refractivity contribution is 0.129. The third-order valence-electron chi connectivity index (χ3n) is 1.62. The highest BCUT2D eigenvalue weighted by molar-refractivity contribution is 5.06. The Kier molecular flexibility index (Phi) is 5.22. The van der Waals surface area contributed by atoms with Gasteiger partial charge < -0.3 is 4.74 Å². The van der Waals surface area contributed by atoms with Crippen LogP contribution < -0.4 is 0 Å².